The van der Waals surface area contributed by atoms with Crippen LogP contribution in [0.15, 0.2) is 77.7 Å². The summed E-state index contributed by atoms with van der Waals surface area (Å²) in [6.45, 7) is -0.804. The van der Waals surface area contributed by atoms with Crippen molar-refractivity contribution in [1.82, 2.24) is 10.9 Å². The summed E-state index contributed by atoms with van der Waals surface area (Å²) in [5, 5.41) is 0. The lowest BCUT2D eigenvalue weighted by Gasteiger charge is -2.10. The van der Waals surface area contributed by atoms with E-state index in [1.165, 1.54) is 48.5 Å². The molecule has 2 amide bonds. The number of anilines is 1. The number of rotatable bonds is 7. The summed E-state index contributed by atoms with van der Waals surface area (Å²) < 4.78 is 58.7. The fourth-order valence-corrected chi connectivity index (χ4v) is 3.72. The van der Waals surface area contributed by atoms with Crippen molar-refractivity contribution in [3.63, 3.8) is 0 Å². The van der Waals surface area contributed by atoms with Crippen LogP contribution in [0.25, 0.3) is 0 Å². The molecule has 0 atom stereocenters. The van der Waals surface area contributed by atoms with Gasteiger partial charge in [-0.15, -0.1) is 0 Å². The molecule has 0 aliphatic rings. The quantitative estimate of drug-likeness (QED) is 0.345. The third-order valence-corrected chi connectivity index (χ3v) is 5.62. The molecule has 3 aromatic carbocycles. The number of carbonyl (C=O) groups is 3. The van der Waals surface area contributed by atoms with E-state index in [4.69, 9.17) is 4.74 Å². The number of amides is 2. The Hall–Kier alpha value is -4.32. The maximum atomic E-state index is 13.6. The van der Waals surface area contributed by atoms with Crippen molar-refractivity contribution in [1.29, 1.82) is 0 Å². The molecule has 0 unspecified atom stereocenters. The van der Waals surface area contributed by atoms with Gasteiger partial charge in [-0.05, 0) is 54.6 Å². The van der Waals surface area contributed by atoms with Crippen LogP contribution in [0.5, 0.6) is 0 Å². The molecular formula is C22H17F2N3O6S. The van der Waals surface area contributed by atoms with Crippen LogP contribution < -0.4 is 15.6 Å². The van der Waals surface area contributed by atoms with Crippen molar-refractivity contribution in [2.24, 2.45) is 0 Å². The molecule has 0 aliphatic heterocycles. The van der Waals surface area contributed by atoms with E-state index in [1.54, 1.807) is 0 Å². The molecule has 3 rings (SSSR count). The zero-order valence-corrected chi connectivity index (χ0v) is 18.1. The second-order valence-corrected chi connectivity index (χ2v) is 8.38. The van der Waals surface area contributed by atoms with Crippen LogP contribution in [0.2, 0.25) is 0 Å². The molecule has 0 aromatic heterocycles. The van der Waals surface area contributed by atoms with Gasteiger partial charge in [0.1, 0.15) is 11.6 Å². The summed E-state index contributed by atoms with van der Waals surface area (Å²) in [6, 6.07) is 14.6. The maximum absolute atomic E-state index is 13.6. The van der Waals surface area contributed by atoms with E-state index in [1.807, 2.05) is 10.9 Å². The molecule has 34 heavy (non-hydrogen) atoms. The minimum Gasteiger partial charge on any atom is -0.452 e. The van der Waals surface area contributed by atoms with E-state index in [-0.39, 0.29) is 21.7 Å². The second-order valence-electron chi connectivity index (χ2n) is 6.70. The first-order valence-electron chi connectivity index (χ1n) is 9.55. The summed E-state index contributed by atoms with van der Waals surface area (Å²) in [5.74, 6) is -4.16. The number of hydrazine groups is 1. The van der Waals surface area contributed by atoms with Crippen LogP contribution in [0, 0.1) is 11.6 Å². The van der Waals surface area contributed by atoms with Gasteiger partial charge >= 0.3 is 5.97 Å². The fourth-order valence-electron chi connectivity index (χ4n) is 2.61. The zero-order valence-electron chi connectivity index (χ0n) is 17.2. The van der Waals surface area contributed by atoms with Gasteiger partial charge in [0.25, 0.3) is 21.8 Å². The minimum absolute atomic E-state index is 0.114. The average molecular weight is 489 g/mol. The van der Waals surface area contributed by atoms with Crippen molar-refractivity contribution in [3.05, 3.63) is 95.6 Å². The van der Waals surface area contributed by atoms with E-state index in [2.05, 4.69) is 4.72 Å². The molecule has 3 aromatic rings. The largest absolute Gasteiger partial charge is 0.452 e. The third-order valence-electron chi connectivity index (χ3n) is 4.24. The standard InChI is InChI=1S/C22H17F2N3O6S/c23-15-8-10-16(11-9-15)27-34(31,32)17-5-3-4-14(12-17)22(30)33-13-20(28)25-26-21(29)18-6-1-2-7-19(18)24/h1-12,27H,13H2,(H,25,28)(H,26,29). The Balaban J connectivity index is 1.56. The van der Waals surface area contributed by atoms with Crippen molar-refractivity contribution in [2.75, 3.05) is 11.3 Å². The van der Waals surface area contributed by atoms with Gasteiger partial charge in [-0.2, -0.15) is 0 Å². The van der Waals surface area contributed by atoms with E-state index < -0.39 is 46.0 Å². The molecule has 0 saturated carbocycles. The number of carbonyl (C=O) groups excluding carboxylic acids is 3. The topological polar surface area (TPSA) is 131 Å². The lowest BCUT2D eigenvalue weighted by Crippen LogP contribution is -2.43. The van der Waals surface area contributed by atoms with Crippen LogP contribution in [-0.4, -0.2) is 32.8 Å². The number of ether oxygens (including phenoxy) is 1. The van der Waals surface area contributed by atoms with Crippen LogP contribution in [-0.2, 0) is 19.6 Å². The van der Waals surface area contributed by atoms with Crippen LogP contribution >= 0.6 is 0 Å². The molecule has 0 spiro atoms. The van der Waals surface area contributed by atoms with Crippen molar-refractivity contribution < 1.29 is 36.3 Å². The van der Waals surface area contributed by atoms with Gasteiger partial charge in [-0.25, -0.2) is 22.0 Å². The lowest BCUT2D eigenvalue weighted by molar-refractivity contribution is -0.125. The third kappa shape index (κ3) is 6.36. The molecule has 12 heteroatoms. The van der Waals surface area contributed by atoms with Crippen LogP contribution in [0.4, 0.5) is 14.5 Å². The highest BCUT2D eigenvalue weighted by molar-refractivity contribution is 7.92. The van der Waals surface area contributed by atoms with Gasteiger partial charge in [-0.1, -0.05) is 18.2 Å². The number of nitrogens with one attached hydrogen (secondary N) is 3. The predicted molar refractivity (Wildman–Crippen MR) is 116 cm³/mol. The molecule has 176 valence electrons. The smallest absolute Gasteiger partial charge is 0.338 e. The Morgan fingerprint density at radius 3 is 2.26 bits per heavy atom. The summed E-state index contributed by atoms with van der Waals surface area (Å²) >= 11 is 0. The predicted octanol–water partition coefficient (Wildman–Crippen LogP) is 2.38. The van der Waals surface area contributed by atoms with E-state index >= 15 is 0 Å². The van der Waals surface area contributed by atoms with Gasteiger partial charge in [0, 0.05) is 5.69 Å². The van der Waals surface area contributed by atoms with Crippen LogP contribution in [0.3, 0.4) is 0 Å². The monoisotopic (exact) mass is 489 g/mol. The van der Waals surface area contributed by atoms with Gasteiger partial charge in [0.15, 0.2) is 6.61 Å². The molecular weight excluding hydrogens is 472 g/mol. The number of hydrogen-bond donors (Lipinski definition) is 3. The Labute approximate surface area is 192 Å². The number of esters is 1. The SMILES string of the molecule is O=C(COC(=O)c1cccc(S(=O)(=O)Nc2ccc(F)cc2)c1)NNC(=O)c1ccccc1F. The molecule has 3 N–H and O–H groups in total. The summed E-state index contributed by atoms with van der Waals surface area (Å²) in [6.07, 6.45) is 0. The molecule has 0 bridgehead atoms. The highest BCUT2D eigenvalue weighted by Gasteiger charge is 2.18. The van der Waals surface area contributed by atoms with Crippen molar-refractivity contribution in [2.45, 2.75) is 4.90 Å². The van der Waals surface area contributed by atoms with E-state index in [0.29, 0.717) is 0 Å². The highest BCUT2D eigenvalue weighted by atomic mass is 32.2. The number of hydrogen-bond acceptors (Lipinski definition) is 6. The minimum atomic E-state index is -4.10. The number of halogens is 2. The first kappa shape index (κ1) is 24.3. The summed E-state index contributed by atoms with van der Waals surface area (Å²) in [5.41, 5.74) is 3.60. The normalized spacial score (nSPS) is 10.8. The molecule has 0 fully saturated rings. The molecule has 9 nitrogen and oxygen atoms in total. The van der Waals surface area contributed by atoms with E-state index in [0.717, 1.165) is 24.3 Å². The highest BCUT2D eigenvalue weighted by Crippen LogP contribution is 2.18. The molecule has 0 heterocycles. The summed E-state index contributed by atoms with van der Waals surface area (Å²) in [7, 11) is -4.10. The summed E-state index contributed by atoms with van der Waals surface area (Å²) in [4.78, 5) is 35.6. The first-order chi connectivity index (χ1) is 16.2. The Bertz CT molecular complexity index is 1330. The van der Waals surface area contributed by atoms with Crippen molar-refractivity contribution in [3.8, 4) is 0 Å². The molecule has 0 radical (unpaired) electrons. The Morgan fingerprint density at radius 2 is 1.56 bits per heavy atom. The number of benzene rings is 3. The molecule has 0 aliphatic carbocycles. The lowest BCUT2D eigenvalue weighted by atomic mass is 10.2. The number of sulfonamides is 1. The zero-order chi connectivity index (χ0) is 24.7. The molecule has 0 saturated heterocycles. The van der Waals surface area contributed by atoms with Gasteiger partial charge in [-0.3, -0.25) is 25.2 Å². The van der Waals surface area contributed by atoms with Gasteiger partial charge in [0.2, 0.25) is 0 Å². The van der Waals surface area contributed by atoms with Crippen LogP contribution in [0.1, 0.15) is 20.7 Å². The van der Waals surface area contributed by atoms with Crippen molar-refractivity contribution >= 4 is 33.5 Å². The first-order valence-corrected chi connectivity index (χ1v) is 11.0. The fraction of sp³-hybridized carbons (Fsp3) is 0.0455. The van der Waals surface area contributed by atoms with Gasteiger partial charge in [0.05, 0.1) is 16.0 Å². The maximum Gasteiger partial charge on any atom is 0.338 e. The van der Waals surface area contributed by atoms with E-state index in [9.17, 15) is 31.6 Å². The second kappa shape index (κ2) is 10.5. The van der Waals surface area contributed by atoms with Gasteiger partial charge < -0.3 is 4.74 Å². The Morgan fingerprint density at radius 1 is 0.853 bits per heavy atom. The Kier molecular flexibility index (Phi) is 7.53. The average Bonchev–Trinajstić information content (AvgIpc) is 2.82.